The van der Waals surface area contributed by atoms with Gasteiger partial charge in [-0.1, -0.05) is 36.0 Å². The zero-order chi connectivity index (χ0) is 8.53. The van der Waals surface area contributed by atoms with Gasteiger partial charge in [0.2, 0.25) is 0 Å². The summed E-state index contributed by atoms with van der Waals surface area (Å²) in [6.45, 7) is 2.13. The Labute approximate surface area is 78.8 Å². The van der Waals surface area contributed by atoms with Crippen molar-refractivity contribution in [2.24, 2.45) is 0 Å². The van der Waals surface area contributed by atoms with Gasteiger partial charge in [0.15, 0.2) is 0 Å². The highest BCUT2D eigenvalue weighted by Gasteiger charge is 1.86. The van der Waals surface area contributed by atoms with E-state index < -0.39 is 0 Å². The van der Waals surface area contributed by atoms with Crippen molar-refractivity contribution in [3.63, 3.8) is 0 Å². The Morgan fingerprint density at radius 2 is 2.18 bits per heavy atom. The van der Waals surface area contributed by atoms with Crippen molar-refractivity contribution in [2.45, 2.75) is 19.8 Å². The van der Waals surface area contributed by atoms with Gasteiger partial charge in [-0.2, -0.15) is 0 Å². The molecule has 0 saturated heterocycles. The molecule has 0 amide bonds. The van der Waals surface area contributed by atoms with Crippen molar-refractivity contribution in [2.75, 3.05) is 6.26 Å². The van der Waals surface area contributed by atoms with Gasteiger partial charge in [0.25, 0.3) is 0 Å². The molecular formula is C9H14S2. The summed E-state index contributed by atoms with van der Waals surface area (Å²) in [5.41, 5.74) is 1.41. The SMILES string of the molecule is CC1=CCCC=C1.CSC=S. The fourth-order valence-electron chi connectivity index (χ4n) is 0.744. The maximum atomic E-state index is 4.39. The summed E-state index contributed by atoms with van der Waals surface area (Å²) in [6, 6.07) is 0. The van der Waals surface area contributed by atoms with E-state index in [9.17, 15) is 0 Å². The molecule has 1 rings (SSSR count). The lowest BCUT2D eigenvalue weighted by Gasteiger charge is -1.96. The molecule has 1 aliphatic rings. The molecule has 0 aromatic rings. The van der Waals surface area contributed by atoms with Gasteiger partial charge in [-0.25, -0.2) is 0 Å². The number of thiocarbonyl (C=S) groups is 1. The minimum Gasteiger partial charge on any atom is -0.126 e. The topological polar surface area (TPSA) is 0 Å². The predicted octanol–water partition coefficient (Wildman–Crippen LogP) is 3.59. The smallest absolute Gasteiger partial charge is 0.0339 e. The second kappa shape index (κ2) is 8.02. The molecule has 62 valence electrons. The molecule has 0 radical (unpaired) electrons. The standard InChI is InChI=1S/C7H10.C2H4S2/c1-7-5-3-2-4-6-7;1-4-2-3/h3,5-6H,2,4H2,1H3;2H,1H3. The maximum Gasteiger partial charge on any atom is 0.0339 e. The first-order chi connectivity index (χ1) is 5.31. The molecule has 0 spiro atoms. The number of rotatable bonds is 1. The van der Waals surface area contributed by atoms with E-state index in [4.69, 9.17) is 0 Å². The maximum absolute atomic E-state index is 4.39. The Balaban J connectivity index is 0.000000218. The second-order valence-electron chi connectivity index (χ2n) is 2.26. The summed E-state index contributed by atoms with van der Waals surface area (Å²) >= 11 is 5.94. The van der Waals surface area contributed by atoms with E-state index in [1.54, 1.807) is 16.5 Å². The number of hydrogen-bond donors (Lipinski definition) is 0. The third-order valence-corrected chi connectivity index (χ3v) is 2.05. The zero-order valence-electron chi connectivity index (χ0n) is 7.04. The number of thioether (sulfide) groups is 1. The first-order valence-electron chi connectivity index (χ1n) is 3.61. The second-order valence-corrected chi connectivity index (χ2v) is 3.50. The summed E-state index contributed by atoms with van der Waals surface area (Å²) < 4.78 is 1.62. The number of allylic oxidation sites excluding steroid dienone is 4. The van der Waals surface area contributed by atoms with Crippen LogP contribution in [0.1, 0.15) is 19.8 Å². The molecule has 0 aliphatic heterocycles. The monoisotopic (exact) mass is 186 g/mol. The van der Waals surface area contributed by atoms with Crippen LogP contribution in [-0.4, -0.2) is 11.0 Å². The Kier molecular flexibility index (Phi) is 7.96. The average molecular weight is 186 g/mol. The molecule has 0 heterocycles. The van der Waals surface area contributed by atoms with Crippen LogP contribution in [0.25, 0.3) is 0 Å². The molecule has 0 fully saturated rings. The van der Waals surface area contributed by atoms with E-state index in [0.717, 1.165) is 0 Å². The molecule has 0 saturated carbocycles. The van der Waals surface area contributed by atoms with E-state index in [2.05, 4.69) is 37.4 Å². The number of hydrogen-bond acceptors (Lipinski definition) is 2. The van der Waals surface area contributed by atoms with Crippen LogP contribution in [0.2, 0.25) is 0 Å². The average Bonchev–Trinajstić information content (AvgIpc) is 2.07. The largest absolute Gasteiger partial charge is 0.126 e. The highest BCUT2D eigenvalue weighted by atomic mass is 32.2. The molecule has 0 unspecified atom stereocenters. The van der Waals surface area contributed by atoms with Crippen LogP contribution in [0, 0.1) is 0 Å². The van der Waals surface area contributed by atoms with Crippen molar-refractivity contribution >= 4 is 28.7 Å². The van der Waals surface area contributed by atoms with Crippen LogP contribution >= 0.6 is 24.0 Å². The Hall–Kier alpha value is -0.0800. The Morgan fingerprint density at radius 3 is 2.36 bits per heavy atom. The van der Waals surface area contributed by atoms with Crippen LogP contribution in [0.4, 0.5) is 0 Å². The molecule has 0 N–H and O–H groups in total. The molecule has 11 heavy (non-hydrogen) atoms. The quantitative estimate of drug-likeness (QED) is 0.574. The summed E-state index contributed by atoms with van der Waals surface area (Å²) in [5, 5.41) is 0. The molecule has 0 atom stereocenters. The summed E-state index contributed by atoms with van der Waals surface area (Å²) in [4.78, 5) is 0. The summed E-state index contributed by atoms with van der Waals surface area (Å²) in [7, 11) is 0. The summed E-state index contributed by atoms with van der Waals surface area (Å²) in [5.74, 6) is 0. The van der Waals surface area contributed by atoms with Crippen LogP contribution in [0.5, 0.6) is 0 Å². The molecule has 2 heteroatoms. The van der Waals surface area contributed by atoms with Crippen molar-refractivity contribution in [1.29, 1.82) is 0 Å². The van der Waals surface area contributed by atoms with E-state index in [-0.39, 0.29) is 0 Å². The first kappa shape index (κ1) is 10.9. The van der Waals surface area contributed by atoms with Gasteiger partial charge in [0.05, 0.1) is 0 Å². The van der Waals surface area contributed by atoms with E-state index in [0.29, 0.717) is 0 Å². The van der Waals surface area contributed by atoms with Gasteiger partial charge in [-0.05, 0) is 26.0 Å². The van der Waals surface area contributed by atoms with Crippen LogP contribution in [-0.2, 0) is 0 Å². The van der Waals surface area contributed by atoms with E-state index in [1.165, 1.54) is 18.4 Å². The third-order valence-electron chi connectivity index (χ3n) is 1.28. The van der Waals surface area contributed by atoms with Gasteiger partial charge < -0.3 is 0 Å². The molecule has 0 aromatic carbocycles. The molecule has 0 aromatic heterocycles. The molecule has 0 bridgehead atoms. The molecular weight excluding hydrogens is 172 g/mol. The summed E-state index contributed by atoms with van der Waals surface area (Å²) in [6.07, 6.45) is 11.1. The molecule has 1 aliphatic carbocycles. The highest BCUT2D eigenvalue weighted by Crippen LogP contribution is 2.06. The Morgan fingerprint density at radius 1 is 1.55 bits per heavy atom. The van der Waals surface area contributed by atoms with Crippen molar-refractivity contribution in [3.05, 3.63) is 23.8 Å². The van der Waals surface area contributed by atoms with E-state index in [1.807, 2.05) is 6.26 Å². The minimum absolute atomic E-state index is 1.23. The van der Waals surface area contributed by atoms with Gasteiger partial charge in [0, 0.05) is 4.70 Å². The van der Waals surface area contributed by atoms with Crippen molar-refractivity contribution < 1.29 is 0 Å². The van der Waals surface area contributed by atoms with E-state index >= 15 is 0 Å². The van der Waals surface area contributed by atoms with Gasteiger partial charge in [0.1, 0.15) is 0 Å². The van der Waals surface area contributed by atoms with Gasteiger partial charge in [-0.3, -0.25) is 0 Å². The lowest BCUT2D eigenvalue weighted by atomic mass is 10.1. The Bertz CT molecular complexity index is 157. The highest BCUT2D eigenvalue weighted by molar-refractivity contribution is 8.20. The first-order valence-corrected chi connectivity index (χ1v) is 5.37. The molecule has 0 nitrogen and oxygen atoms in total. The van der Waals surface area contributed by atoms with Crippen LogP contribution in [0.15, 0.2) is 23.8 Å². The van der Waals surface area contributed by atoms with Crippen LogP contribution < -0.4 is 0 Å². The van der Waals surface area contributed by atoms with Gasteiger partial charge >= 0.3 is 0 Å². The minimum atomic E-state index is 1.23. The van der Waals surface area contributed by atoms with Crippen molar-refractivity contribution in [3.8, 4) is 0 Å². The normalized spacial score (nSPS) is 14.5. The van der Waals surface area contributed by atoms with Crippen LogP contribution in [0.3, 0.4) is 0 Å². The van der Waals surface area contributed by atoms with Gasteiger partial charge in [-0.15, -0.1) is 11.8 Å². The lowest BCUT2D eigenvalue weighted by Crippen LogP contribution is -1.76. The fourth-order valence-corrected chi connectivity index (χ4v) is 0.744. The third kappa shape index (κ3) is 7.82. The lowest BCUT2D eigenvalue weighted by molar-refractivity contribution is 1.02. The zero-order valence-corrected chi connectivity index (χ0v) is 8.67. The predicted molar refractivity (Wildman–Crippen MR) is 59.3 cm³/mol. The van der Waals surface area contributed by atoms with Crippen molar-refractivity contribution in [1.82, 2.24) is 0 Å². The fraction of sp³-hybridized carbons (Fsp3) is 0.444.